The van der Waals surface area contributed by atoms with Gasteiger partial charge >= 0.3 is 0 Å². The third kappa shape index (κ3) is 12.2. The second kappa shape index (κ2) is 22.7. The van der Waals surface area contributed by atoms with E-state index in [1.165, 1.54) is 43.5 Å². The van der Waals surface area contributed by atoms with Crippen molar-refractivity contribution in [1.82, 2.24) is 15.3 Å². The smallest absolute Gasteiger partial charge is 0.255 e. The second-order valence-corrected chi connectivity index (χ2v) is 18.7. The number of aromatic amines is 1. The number of carbonyl (C=O) groups excluding carboxylic acids is 2. The minimum Gasteiger partial charge on any atom is -0.506 e. The zero-order valence-electron chi connectivity index (χ0n) is 38.4. The molecule has 2 heterocycles. The molecule has 7 rings (SSSR count). The predicted octanol–water partition coefficient (Wildman–Crippen LogP) is 9.35. The number of amides is 1. The molecule has 0 saturated heterocycles. The number of hydrogen-bond acceptors (Lipinski definition) is 12. The molecule has 0 bridgehead atoms. The van der Waals surface area contributed by atoms with Crippen LogP contribution in [0.2, 0.25) is 0 Å². The molecule has 0 fully saturated rings. The van der Waals surface area contributed by atoms with Gasteiger partial charge in [-0.05, 0) is 136 Å². The average molecular weight is 940 g/mol. The van der Waals surface area contributed by atoms with Crippen molar-refractivity contribution in [3.8, 4) is 11.5 Å². The zero-order chi connectivity index (χ0) is 48.2. The Kier molecular flexibility index (Phi) is 16.4. The van der Waals surface area contributed by atoms with Crippen molar-refractivity contribution in [2.45, 2.75) is 74.7 Å². The van der Waals surface area contributed by atoms with Gasteiger partial charge in [-0.15, -0.1) is 0 Å². The number of carbonyl (C=O) groups is 2. The van der Waals surface area contributed by atoms with Gasteiger partial charge in [0, 0.05) is 65.8 Å². The number of sulfone groups is 1. The standard InChI is InChI=1S/C53H57N5O9S/c1-34-28-42(31-45-50(34)55-32-46(35(2)59)51(45)56-39-14-11-15-40(30-39)66-3)68(64,65)41-16-10-13-37(29-41)53(63)57-38-19-17-36(18-20-38)12-6-9-27-67-26-8-5-4-7-25-54-33-48(61)43-21-23-47(60)52-44(43)22-24-49(62)58-52/h10-11,13-24,28-32,48,54,60-61H,4-9,12,25-27,33H2,1-3H3,(H,55,56)(H,57,63)(H,58,62)/t48-/m0/s1. The first kappa shape index (κ1) is 49.0. The molecule has 1 atom stereocenters. The largest absolute Gasteiger partial charge is 0.506 e. The van der Waals surface area contributed by atoms with Gasteiger partial charge in [0.25, 0.3) is 5.91 Å². The van der Waals surface area contributed by atoms with Crippen LogP contribution in [0.4, 0.5) is 17.1 Å². The van der Waals surface area contributed by atoms with Crippen molar-refractivity contribution in [3.63, 3.8) is 0 Å². The summed E-state index contributed by atoms with van der Waals surface area (Å²) in [4.78, 5) is 44.9. The maximum Gasteiger partial charge on any atom is 0.255 e. The number of aliphatic hydroxyl groups is 1. The van der Waals surface area contributed by atoms with E-state index in [1.807, 2.05) is 30.3 Å². The number of aromatic hydroxyl groups is 1. The van der Waals surface area contributed by atoms with Gasteiger partial charge in [0.05, 0.1) is 45.3 Å². The van der Waals surface area contributed by atoms with Crippen molar-refractivity contribution in [1.29, 1.82) is 0 Å². The van der Waals surface area contributed by atoms with Crippen LogP contribution in [0.1, 0.15) is 89.0 Å². The highest BCUT2D eigenvalue weighted by Crippen LogP contribution is 2.36. The third-order valence-electron chi connectivity index (χ3n) is 11.8. The molecule has 5 aromatic carbocycles. The number of methoxy groups -OCH3 is 1. The number of aromatic nitrogens is 2. The number of ether oxygens (including phenoxy) is 2. The SMILES string of the molecule is COc1cccc(Nc2c(C(C)=O)cnc3c(C)cc(S(=O)(=O)c4cccc(C(=O)Nc5ccc(CCCCOCCCCCCNC[C@H](O)c6ccc(O)c7[nH]c(=O)ccc67)cc5)c4)cc23)c1. The lowest BCUT2D eigenvalue weighted by molar-refractivity contribution is 0.101. The number of nitrogens with zero attached hydrogens (tertiary/aromatic N) is 1. The van der Waals surface area contributed by atoms with Crippen molar-refractivity contribution in [3.05, 3.63) is 154 Å². The van der Waals surface area contributed by atoms with Gasteiger partial charge in [0.2, 0.25) is 15.4 Å². The Balaban J connectivity index is 0.833. The third-order valence-corrected chi connectivity index (χ3v) is 13.5. The summed E-state index contributed by atoms with van der Waals surface area (Å²) in [6.45, 7) is 5.72. The zero-order valence-corrected chi connectivity index (χ0v) is 39.2. The summed E-state index contributed by atoms with van der Waals surface area (Å²) in [5.41, 5.74) is 5.04. The Morgan fingerprint density at radius 2 is 1.57 bits per heavy atom. The van der Waals surface area contributed by atoms with E-state index in [0.29, 0.717) is 81.1 Å². The minimum atomic E-state index is -4.13. The topological polar surface area (TPSA) is 209 Å². The Morgan fingerprint density at radius 3 is 2.35 bits per heavy atom. The summed E-state index contributed by atoms with van der Waals surface area (Å²) in [5.74, 6) is -0.116. The fourth-order valence-electron chi connectivity index (χ4n) is 8.09. The highest BCUT2D eigenvalue weighted by molar-refractivity contribution is 7.91. The van der Waals surface area contributed by atoms with Crippen LogP contribution in [0.5, 0.6) is 11.5 Å². The van der Waals surface area contributed by atoms with Crippen molar-refractivity contribution < 1.29 is 37.7 Å². The number of nitrogens with one attached hydrogen (secondary N) is 4. The molecule has 0 saturated carbocycles. The van der Waals surface area contributed by atoms with Gasteiger partial charge in [-0.25, -0.2) is 8.42 Å². The Bertz CT molecular complexity index is 3080. The first-order chi connectivity index (χ1) is 32.8. The molecule has 7 aromatic rings. The lowest BCUT2D eigenvalue weighted by Gasteiger charge is -2.16. The van der Waals surface area contributed by atoms with E-state index in [-0.39, 0.29) is 32.4 Å². The quantitative estimate of drug-likeness (QED) is 0.0262. The highest BCUT2D eigenvalue weighted by Gasteiger charge is 2.24. The van der Waals surface area contributed by atoms with Crippen LogP contribution in [-0.4, -0.2) is 73.7 Å². The average Bonchev–Trinajstić information content (AvgIpc) is 3.33. The van der Waals surface area contributed by atoms with E-state index >= 15 is 0 Å². The fraction of sp³-hybridized carbons (Fsp3) is 0.283. The van der Waals surface area contributed by atoms with E-state index < -0.39 is 21.8 Å². The number of ketones is 1. The maximum atomic E-state index is 14.2. The number of phenolic OH excluding ortho intramolecular Hbond substituents is 1. The molecule has 0 aliphatic rings. The molecule has 15 heteroatoms. The monoisotopic (exact) mass is 939 g/mol. The summed E-state index contributed by atoms with van der Waals surface area (Å²) >= 11 is 0. The molecule has 0 unspecified atom stereocenters. The predicted molar refractivity (Wildman–Crippen MR) is 265 cm³/mol. The van der Waals surface area contributed by atoms with E-state index in [0.717, 1.165) is 57.1 Å². The Morgan fingerprint density at radius 1 is 0.809 bits per heavy atom. The molecule has 0 radical (unpaired) electrons. The molecule has 14 nitrogen and oxygen atoms in total. The van der Waals surface area contributed by atoms with Gasteiger partial charge in [-0.1, -0.05) is 43.2 Å². The van der Waals surface area contributed by atoms with Crippen LogP contribution in [0, 0.1) is 6.92 Å². The molecular formula is C53H57N5O9S. The number of fused-ring (bicyclic) bond motifs is 2. The summed E-state index contributed by atoms with van der Waals surface area (Å²) in [7, 11) is -2.57. The van der Waals surface area contributed by atoms with E-state index in [2.05, 4.69) is 25.9 Å². The number of H-pyrrole nitrogens is 1. The Labute approximate surface area is 395 Å². The molecule has 2 aromatic heterocycles. The number of aryl methyl sites for hydroxylation is 2. The molecule has 0 aliphatic carbocycles. The van der Waals surface area contributed by atoms with Crippen molar-refractivity contribution in [2.75, 3.05) is 44.0 Å². The number of unbranched alkanes of at least 4 members (excludes halogenated alkanes) is 4. The van der Waals surface area contributed by atoms with E-state index in [1.54, 1.807) is 62.6 Å². The maximum absolute atomic E-state index is 14.2. The number of aliphatic hydroxyl groups excluding tert-OH is 1. The van der Waals surface area contributed by atoms with Crippen LogP contribution in [0.15, 0.2) is 130 Å². The number of Topliss-reactive ketones (excluding diaryl/α,β-unsaturated/α-hetero) is 1. The lowest BCUT2D eigenvalue weighted by atomic mass is 10.0. The van der Waals surface area contributed by atoms with Gasteiger partial charge in [-0.3, -0.25) is 19.4 Å². The summed E-state index contributed by atoms with van der Waals surface area (Å²) < 4.78 is 39.6. The van der Waals surface area contributed by atoms with Crippen LogP contribution in [-0.2, 0) is 21.0 Å². The first-order valence-electron chi connectivity index (χ1n) is 22.7. The molecule has 1 amide bonds. The van der Waals surface area contributed by atoms with Gasteiger partial charge < -0.3 is 40.6 Å². The van der Waals surface area contributed by atoms with Gasteiger partial charge in [0.1, 0.15) is 11.5 Å². The van der Waals surface area contributed by atoms with Gasteiger partial charge in [-0.2, -0.15) is 0 Å². The summed E-state index contributed by atoms with van der Waals surface area (Å²) in [6.07, 6.45) is 7.49. The second-order valence-electron chi connectivity index (χ2n) is 16.8. The molecular weight excluding hydrogens is 883 g/mol. The van der Waals surface area contributed by atoms with E-state index in [4.69, 9.17) is 9.47 Å². The van der Waals surface area contributed by atoms with Crippen LogP contribution >= 0.6 is 0 Å². The molecule has 68 heavy (non-hydrogen) atoms. The van der Waals surface area contributed by atoms with E-state index in [9.17, 15) is 33.0 Å². The number of pyridine rings is 2. The first-order valence-corrected chi connectivity index (χ1v) is 24.2. The highest BCUT2D eigenvalue weighted by atomic mass is 32.2. The molecule has 0 spiro atoms. The number of rotatable bonds is 23. The number of benzene rings is 5. The normalized spacial score (nSPS) is 12.0. The summed E-state index contributed by atoms with van der Waals surface area (Å²) in [6, 6.07) is 29.9. The summed E-state index contributed by atoms with van der Waals surface area (Å²) in [5, 5.41) is 31.3. The minimum absolute atomic E-state index is 0.00495. The van der Waals surface area contributed by atoms with Crippen LogP contribution < -0.4 is 26.2 Å². The van der Waals surface area contributed by atoms with Gasteiger partial charge in [0.15, 0.2) is 5.78 Å². The molecule has 6 N–H and O–H groups in total. The fourth-order valence-corrected chi connectivity index (χ4v) is 9.51. The lowest BCUT2D eigenvalue weighted by Crippen LogP contribution is -2.22. The van der Waals surface area contributed by atoms with Crippen molar-refractivity contribution >= 4 is 60.4 Å². The number of hydrogen-bond donors (Lipinski definition) is 6. The molecule has 354 valence electrons. The molecule has 0 aliphatic heterocycles. The Hall–Kier alpha value is -6.91. The van der Waals surface area contributed by atoms with Crippen LogP contribution in [0.25, 0.3) is 21.8 Å². The number of phenols is 1. The van der Waals surface area contributed by atoms with Crippen molar-refractivity contribution in [2.24, 2.45) is 0 Å². The number of anilines is 3. The van der Waals surface area contributed by atoms with Crippen LogP contribution in [0.3, 0.4) is 0 Å².